The molecule has 2 N–H and O–H groups in total. The summed E-state index contributed by atoms with van der Waals surface area (Å²) in [5.74, 6) is 6.98. The third kappa shape index (κ3) is 5.73. The number of halogens is 3. The number of rotatable bonds is 9. The molecular formula is C34H37F3N6O2. The van der Waals surface area contributed by atoms with Crippen LogP contribution in [0.5, 0.6) is 0 Å². The molecule has 1 aliphatic carbocycles. The molecule has 1 fully saturated rings. The first-order valence-corrected chi connectivity index (χ1v) is 14.9. The van der Waals surface area contributed by atoms with Crippen molar-refractivity contribution in [3.63, 3.8) is 0 Å². The average Bonchev–Trinajstić information content (AvgIpc) is 3.50. The molecular weight excluding hydrogens is 581 g/mol. The Kier molecular flexibility index (Phi) is 8.61. The van der Waals surface area contributed by atoms with Crippen molar-refractivity contribution in [3.05, 3.63) is 64.2 Å². The molecule has 1 atom stereocenters. The Labute approximate surface area is 262 Å². The van der Waals surface area contributed by atoms with E-state index >= 15 is 0 Å². The van der Waals surface area contributed by atoms with Gasteiger partial charge < -0.3 is 20.0 Å². The summed E-state index contributed by atoms with van der Waals surface area (Å²) in [7, 11) is 1.97. The lowest BCUT2D eigenvalue weighted by Crippen LogP contribution is -2.67. The van der Waals surface area contributed by atoms with Gasteiger partial charge in [0.05, 0.1) is 18.7 Å². The monoisotopic (exact) mass is 618 g/mol. The van der Waals surface area contributed by atoms with Crippen LogP contribution in [0.2, 0.25) is 0 Å². The van der Waals surface area contributed by atoms with Crippen LogP contribution in [0.4, 0.5) is 18.9 Å². The molecule has 0 bridgehead atoms. The van der Waals surface area contributed by atoms with E-state index < -0.39 is 29.2 Å². The van der Waals surface area contributed by atoms with Crippen molar-refractivity contribution in [2.45, 2.75) is 64.0 Å². The summed E-state index contributed by atoms with van der Waals surface area (Å²) < 4.78 is 43.0. The van der Waals surface area contributed by atoms with Crippen molar-refractivity contribution >= 4 is 23.8 Å². The Morgan fingerprint density at radius 1 is 1.27 bits per heavy atom. The van der Waals surface area contributed by atoms with Crippen LogP contribution >= 0.6 is 0 Å². The fourth-order valence-corrected chi connectivity index (χ4v) is 6.92. The lowest BCUT2D eigenvalue weighted by molar-refractivity contribution is -0.138. The maximum Gasteiger partial charge on any atom is 0.416 e. The number of carbonyl (C=O) groups is 2. The Hall–Kier alpha value is -4.48. The quantitative estimate of drug-likeness (QED) is 0.324. The second-order valence-electron chi connectivity index (χ2n) is 12.2. The molecule has 2 amide bonds. The molecule has 2 aromatic carbocycles. The molecule has 2 aromatic rings. The van der Waals surface area contributed by atoms with Crippen LogP contribution in [0.15, 0.2) is 41.5 Å². The molecule has 0 spiro atoms. The van der Waals surface area contributed by atoms with Crippen molar-refractivity contribution < 1.29 is 22.8 Å². The SMILES string of the molecule is C#CCN(CCNCc1cc2c(c(C(F)(F)F)c1)CN(c1cccc(C3(C4(C)NN=CN4C)CC(C)C3)c1)C2=O)C(=O)C#CC. The zero-order chi connectivity index (χ0) is 32.6. The number of anilines is 1. The predicted molar refractivity (Wildman–Crippen MR) is 167 cm³/mol. The molecule has 45 heavy (non-hydrogen) atoms. The number of alkyl halides is 3. The van der Waals surface area contributed by atoms with E-state index in [2.05, 4.69) is 52.4 Å². The fourth-order valence-electron chi connectivity index (χ4n) is 6.92. The highest BCUT2D eigenvalue weighted by Crippen LogP contribution is 2.56. The summed E-state index contributed by atoms with van der Waals surface area (Å²) in [5, 5.41) is 7.37. The van der Waals surface area contributed by atoms with Crippen molar-refractivity contribution in [3.8, 4) is 24.2 Å². The van der Waals surface area contributed by atoms with Crippen LogP contribution in [-0.2, 0) is 29.5 Å². The number of nitrogens with zero attached hydrogens (tertiary/aromatic N) is 4. The van der Waals surface area contributed by atoms with Crippen LogP contribution in [0.25, 0.3) is 0 Å². The van der Waals surface area contributed by atoms with E-state index in [9.17, 15) is 22.8 Å². The second kappa shape index (κ2) is 12.1. The van der Waals surface area contributed by atoms with Crippen LogP contribution in [0, 0.1) is 30.1 Å². The van der Waals surface area contributed by atoms with Crippen LogP contribution in [0.3, 0.4) is 0 Å². The summed E-state index contributed by atoms with van der Waals surface area (Å²) in [4.78, 5) is 30.7. The molecule has 0 saturated heterocycles. The van der Waals surface area contributed by atoms with Crippen LogP contribution < -0.4 is 15.6 Å². The molecule has 1 unspecified atom stereocenters. The normalized spacial score (nSPS) is 23.5. The first-order valence-electron chi connectivity index (χ1n) is 14.9. The summed E-state index contributed by atoms with van der Waals surface area (Å²) in [6.45, 7) is 6.31. The van der Waals surface area contributed by atoms with Gasteiger partial charge in [-0.2, -0.15) is 18.3 Å². The van der Waals surface area contributed by atoms with E-state index in [0.29, 0.717) is 17.2 Å². The Morgan fingerprint density at radius 3 is 2.64 bits per heavy atom. The first-order chi connectivity index (χ1) is 21.3. The smallest absolute Gasteiger partial charge is 0.340 e. The summed E-state index contributed by atoms with van der Waals surface area (Å²) in [6.07, 6.45) is 4.27. The van der Waals surface area contributed by atoms with E-state index in [4.69, 9.17) is 6.42 Å². The van der Waals surface area contributed by atoms with Crippen molar-refractivity contribution in [2.75, 3.05) is 31.6 Å². The van der Waals surface area contributed by atoms with Gasteiger partial charge in [-0.1, -0.05) is 30.9 Å². The minimum Gasteiger partial charge on any atom is -0.340 e. The summed E-state index contributed by atoms with van der Waals surface area (Å²) in [6, 6.07) is 10.2. The highest BCUT2D eigenvalue weighted by molar-refractivity contribution is 6.10. The van der Waals surface area contributed by atoms with Gasteiger partial charge in [0.1, 0.15) is 12.0 Å². The van der Waals surface area contributed by atoms with Gasteiger partial charge in [0.25, 0.3) is 11.8 Å². The summed E-state index contributed by atoms with van der Waals surface area (Å²) in [5.41, 5.74) is 3.56. The number of hydrogen-bond acceptors (Lipinski definition) is 6. The number of terminal acetylenes is 1. The standard InChI is InChI=1S/C34H37F3N6O2/c1-6-9-30(44)42(13-7-2)14-12-38-20-24-15-27-28(29(16-24)34(35,36)37)21-43(31(27)45)26-11-8-10-25(17-26)33(18-23(3)19-33)32(4)40-39-22-41(32)5/h2,8,10-11,15-17,22-23,38,40H,12-14,18-21H2,1,3-5H3. The van der Waals surface area contributed by atoms with E-state index in [1.165, 1.54) is 15.9 Å². The van der Waals surface area contributed by atoms with E-state index in [-0.39, 0.29) is 49.3 Å². The molecule has 0 aromatic heterocycles. The zero-order valence-electron chi connectivity index (χ0n) is 25.9. The van der Waals surface area contributed by atoms with Crippen molar-refractivity contribution in [1.29, 1.82) is 0 Å². The zero-order valence-corrected chi connectivity index (χ0v) is 25.9. The maximum atomic E-state index is 14.3. The minimum absolute atomic E-state index is 0.0323. The molecule has 8 nitrogen and oxygen atoms in total. The van der Waals surface area contributed by atoms with Gasteiger partial charge in [0, 0.05) is 43.3 Å². The average molecular weight is 619 g/mol. The van der Waals surface area contributed by atoms with Gasteiger partial charge >= 0.3 is 6.18 Å². The molecule has 1 saturated carbocycles. The Balaban J connectivity index is 1.38. The number of amides is 2. The number of hydrogen-bond donors (Lipinski definition) is 2. The fraction of sp³-hybridized carbons (Fsp3) is 0.441. The summed E-state index contributed by atoms with van der Waals surface area (Å²) >= 11 is 0. The second-order valence-corrected chi connectivity index (χ2v) is 12.2. The van der Waals surface area contributed by atoms with Gasteiger partial charge in [-0.25, -0.2) is 0 Å². The lowest BCUT2D eigenvalue weighted by Gasteiger charge is -2.58. The first kappa shape index (κ1) is 31.9. The highest BCUT2D eigenvalue weighted by Gasteiger charge is 2.59. The van der Waals surface area contributed by atoms with E-state index in [0.717, 1.165) is 24.5 Å². The van der Waals surface area contributed by atoms with Gasteiger partial charge in [-0.05, 0) is 79.5 Å². The third-order valence-corrected chi connectivity index (χ3v) is 9.35. The number of likely N-dealkylation sites (N-methyl/N-ethyl adjacent to an activating group) is 1. The molecule has 5 rings (SSSR count). The molecule has 2 heterocycles. The lowest BCUT2D eigenvalue weighted by atomic mass is 9.53. The van der Waals surface area contributed by atoms with Crippen molar-refractivity contribution in [2.24, 2.45) is 11.0 Å². The Morgan fingerprint density at radius 2 is 2.02 bits per heavy atom. The molecule has 3 aliphatic rings. The van der Waals surface area contributed by atoms with Gasteiger partial charge in [0.2, 0.25) is 0 Å². The van der Waals surface area contributed by atoms with Crippen molar-refractivity contribution in [1.82, 2.24) is 20.5 Å². The van der Waals surface area contributed by atoms with Gasteiger partial charge in [-0.3, -0.25) is 15.0 Å². The largest absolute Gasteiger partial charge is 0.416 e. The van der Waals surface area contributed by atoms with E-state index in [1.807, 2.05) is 25.2 Å². The maximum absolute atomic E-state index is 14.3. The number of fused-ring (bicyclic) bond motifs is 1. The molecule has 2 aliphatic heterocycles. The van der Waals surface area contributed by atoms with Gasteiger partial charge in [-0.15, -0.1) is 6.42 Å². The number of hydrazone groups is 1. The number of benzene rings is 2. The Bertz CT molecular complexity index is 1630. The molecule has 0 radical (unpaired) electrons. The molecule has 11 heteroatoms. The van der Waals surface area contributed by atoms with Crippen LogP contribution in [0.1, 0.15) is 66.2 Å². The number of nitrogens with one attached hydrogen (secondary N) is 2. The highest BCUT2D eigenvalue weighted by atomic mass is 19.4. The van der Waals surface area contributed by atoms with Gasteiger partial charge in [0.15, 0.2) is 0 Å². The predicted octanol–water partition coefficient (Wildman–Crippen LogP) is 4.30. The number of carbonyl (C=O) groups excluding carboxylic acids is 2. The third-order valence-electron chi connectivity index (χ3n) is 9.35. The molecule has 236 valence electrons. The van der Waals surface area contributed by atoms with Crippen LogP contribution in [-0.4, -0.2) is 60.3 Å². The topological polar surface area (TPSA) is 80.3 Å². The van der Waals surface area contributed by atoms with E-state index in [1.54, 1.807) is 19.3 Å². The minimum atomic E-state index is -4.65.